The molecule has 3 heteroatoms. The van der Waals surface area contributed by atoms with Crippen molar-refractivity contribution in [1.82, 2.24) is 5.48 Å². The highest BCUT2D eigenvalue weighted by molar-refractivity contribution is 5.85. The molecule has 0 atom stereocenters. The van der Waals surface area contributed by atoms with E-state index in [2.05, 4.69) is 23.7 Å². The summed E-state index contributed by atoms with van der Waals surface area (Å²) >= 11 is 0. The molecule has 0 amide bonds. The van der Waals surface area contributed by atoms with E-state index < -0.39 is 5.97 Å². The van der Waals surface area contributed by atoms with Crippen LogP contribution in [0, 0.1) is 0 Å². The van der Waals surface area contributed by atoms with Gasteiger partial charge in [-0.25, -0.2) is 0 Å². The summed E-state index contributed by atoms with van der Waals surface area (Å²) in [7, 11) is 0. The van der Waals surface area contributed by atoms with Crippen LogP contribution in [-0.2, 0) is 16.2 Å². The van der Waals surface area contributed by atoms with Gasteiger partial charge in [-0.05, 0) is 34.8 Å². The van der Waals surface area contributed by atoms with Crippen molar-refractivity contribution in [3.63, 3.8) is 0 Å². The summed E-state index contributed by atoms with van der Waals surface area (Å²) in [6, 6.07) is 14.2. The molecule has 0 aromatic heterocycles. The number of allylic oxidation sites excluding steroid dienone is 3. The smallest absolute Gasteiger partial charge is 0.195 e. The number of hydroxylamine groups is 1. The summed E-state index contributed by atoms with van der Waals surface area (Å²) in [5.41, 5.74) is 3.79. The molecule has 0 spiro atoms. The van der Waals surface area contributed by atoms with Crippen LogP contribution in [0.3, 0.4) is 0 Å². The molecule has 2 aromatic carbocycles. The van der Waals surface area contributed by atoms with Crippen molar-refractivity contribution in [3.05, 3.63) is 72.3 Å². The standard InChI is InChI=1S/C17H17NO2/c1-2-3-4-12-17(19)20-18-13-15-10-7-9-14-8-5-6-11-16(14)15/h2-12,18H,13H2,1H3/q+1/b3-2+,12-4+. The Kier molecular flexibility index (Phi) is 5.09. The van der Waals surface area contributed by atoms with E-state index in [-0.39, 0.29) is 0 Å². The number of hydrogen-bond acceptors (Lipinski definition) is 3. The fraction of sp³-hybridized carbons (Fsp3) is 0.118. The lowest BCUT2D eigenvalue weighted by atomic mass is 10.1. The Hall–Kier alpha value is -2.39. The number of fused-ring (bicyclic) bond motifs is 1. The summed E-state index contributed by atoms with van der Waals surface area (Å²) in [6.07, 6.45) is 6.62. The summed E-state index contributed by atoms with van der Waals surface area (Å²) in [6.45, 7) is 2.36. The molecule has 0 heterocycles. The van der Waals surface area contributed by atoms with Gasteiger partial charge in [0.2, 0.25) is 0 Å². The van der Waals surface area contributed by atoms with Gasteiger partial charge in [-0.1, -0.05) is 54.6 Å². The van der Waals surface area contributed by atoms with Gasteiger partial charge in [0.25, 0.3) is 0 Å². The fourth-order valence-electron chi connectivity index (χ4n) is 1.91. The molecule has 2 aromatic rings. The topological polar surface area (TPSA) is 41.2 Å². The zero-order valence-electron chi connectivity index (χ0n) is 11.4. The molecule has 2 rings (SSSR count). The van der Waals surface area contributed by atoms with Crippen LogP contribution in [0.15, 0.2) is 66.8 Å². The van der Waals surface area contributed by atoms with Gasteiger partial charge in [0.1, 0.15) is 0 Å². The molecule has 0 aliphatic heterocycles. The molecular formula is C17H17NO2+. The predicted molar refractivity (Wildman–Crippen MR) is 80.8 cm³/mol. The third-order valence-electron chi connectivity index (χ3n) is 2.85. The number of carbonyl (C=O) groups is 1. The molecule has 0 saturated heterocycles. The number of benzene rings is 2. The van der Waals surface area contributed by atoms with Gasteiger partial charge in [0.05, 0.1) is 17.4 Å². The van der Waals surface area contributed by atoms with Gasteiger partial charge < -0.3 is 0 Å². The maximum Gasteiger partial charge on any atom is 0.623 e. The molecule has 0 aliphatic rings. The highest BCUT2D eigenvalue weighted by atomic mass is 16.7. The second-order valence-electron chi connectivity index (χ2n) is 4.27. The van der Waals surface area contributed by atoms with Crippen LogP contribution in [0.5, 0.6) is 0 Å². The first kappa shape index (κ1) is 14.0. The van der Waals surface area contributed by atoms with E-state index in [1.54, 1.807) is 12.2 Å². The van der Waals surface area contributed by atoms with Crippen molar-refractivity contribution >= 4 is 16.7 Å². The van der Waals surface area contributed by atoms with E-state index >= 15 is 0 Å². The van der Waals surface area contributed by atoms with E-state index in [4.69, 9.17) is 4.84 Å². The Balaban J connectivity index is 1.95. The van der Waals surface area contributed by atoms with Crippen LogP contribution in [0.4, 0.5) is 0 Å². The number of carbonyl (C=O) groups excluding carboxylic acids is 1. The highest BCUT2D eigenvalue weighted by Crippen LogP contribution is 2.18. The van der Waals surface area contributed by atoms with Crippen molar-refractivity contribution in [2.24, 2.45) is 0 Å². The minimum Gasteiger partial charge on any atom is -0.195 e. The van der Waals surface area contributed by atoms with Gasteiger partial charge in [0.15, 0.2) is 0 Å². The number of rotatable bonds is 5. The molecule has 0 aliphatic carbocycles. The fourth-order valence-corrected chi connectivity index (χ4v) is 1.91. The highest BCUT2D eigenvalue weighted by Gasteiger charge is 2.12. The van der Waals surface area contributed by atoms with Gasteiger partial charge in [-0.3, -0.25) is 0 Å². The first-order chi connectivity index (χ1) is 9.81. The summed E-state index contributed by atoms with van der Waals surface area (Å²) in [5, 5.41) is 2.33. The van der Waals surface area contributed by atoms with Gasteiger partial charge >= 0.3 is 5.97 Å². The second-order valence-corrected chi connectivity index (χ2v) is 4.27. The minimum atomic E-state index is -0.414. The molecule has 0 unspecified atom stereocenters. The number of nitrogens with one attached hydrogen (secondary N) is 1. The average molecular weight is 267 g/mol. The summed E-state index contributed by atoms with van der Waals surface area (Å²) in [4.78, 5) is 16.3. The molecule has 1 radical (unpaired) electrons. The quantitative estimate of drug-likeness (QED) is 0.390. The van der Waals surface area contributed by atoms with Gasteiger partial charge in [-0.15, -0.1) is 0 Å². The predicted octanol–water partition coefficient (Wildman–Crippen LogP) is 3.52. The van der Waals surface area contributed by atoms with Crippen LogP contribution in [0.25, 0.3) is 10.8 Å². The Bertz CT molecular complexity index is 639. The van der Waals surface area contributed by atoms with Crippen LogP contribution in [-0.4, -0.2) is 5.97 Å². The first-order valence-corrected chi connectivity index (χ1v) is 6.51. The van der Waals surface area contributed by atoms with E-state index in [1.807, 2.05) is 37.3 Å². The third kappa shape index (κ3) is 3.80. The number of hydrogen-bond donors (Lipinski definition) is 1. The monoisotopic (exact) mass is 267 g/mol. The zero-order chi connectivity index (χ0) is 14.2. The lowest BCUT2D eigenvalue weighted by Crippen LogP contribution is -2.18. The van der Waals surface area contributed by atoms with Gasteiger partial charge in [0, 0.05) is 0 Å². The SMILES string of the molecule is C/C=C/C=C/C(=[O+])ONCc1cccc2ccccc12. The van der Waals surface area contributed by atoms with Crippen LogP contribution < -0.4 is 5.48 Å². The van der Waals surface area contributed by atoms with Crippen LogP contribution >= 0.6 is 0 Å². The summed E-state index contributed by atoms with van der Waals surface area (Å²) in [5.74, 6) is -0.414. The van der Waals surface area contributed by atoms with Crippen molar-refractivity contribution < 1.29 is 9.63 Å². The van der Waals surface area contributed by atoms with E-state index in [1.165, 1.54) is 11.5 Å². The maximum absolute atomic E-state index is 11.4. The maximum atomic E-state index is 11.4. The lowest BCUT2D eigenvalue weighted by Gasteiger charge is -2.03. The molecule has 0 fully saturated rings. The molecule has 1 N–H and O–H groups in total. The first-order valence-electron chi connectivity index (χ1n) is 6.51. The minimum absolute atomic E-state index is 0.414. The molecule has 0 saturated carbocycles. The zero-order valence-corrected chi connectivity index (χ0v) is 11.4. The van der Waals surface area contributed by atoms with E-state index in [0.29, 0.717) is 6.54 Å². The Morgan fingerprint density at radius 1 is 1.15 bits per heavy atom. The average Bonchev–Trinajstić information content (AvgIpc) is 2.48. The second kappa shape index (κ2) is 7.26. The molecule has 0 bridgehead atoms. The lowest BCUT2D eigenvalue weighted by molar-refractivity contribution is -0.145. The van der Waals surface area contributed by atoms with Crippen molar-refractivity contribution in [2.75, 3.05) is 0 Å². The van der Waals surface area contributed by atoms with Crippen molar-refractivity contribution in [1.29, 1.82) is 0 Å². The molecular weight excluding hydrogens is 250 g/mol. The molecule has 101 valence electrons. The largest absolute Gasteiger partial charge is 0.623 e. The van der Waals surface area contributed by atoms with Gasteiger partial charge in [-0.2, -0.15) is 4.84 Å². The Morgan fingerprint density at radius 3 is 2.80 bits per heavy atom. The van der Waals surface area contributed by atoms with E-state index in [0.717, 1.165) is 10.9 Å². The van der Waals surface area contributed by atoms with Crippen LogP contribution in [0.1, 0.15) is 12.5 Å². The third-order valence-corrected chi connectivity index (χ3v) is 2.85. The molecule has 20 heavy (non-hydrogen) atoms. The normalized spacial score (nSPS) is 11.4. The molecule has 3 nitrogen and oxygen atoms in total. The van der Waals surface area contributed by atoms with Crippen molar-refractivity contribution in [2.45, 2.75) is 13.5 Å². The Morgan fingerprint density at radius 2 is 1.95 bits per heavy atom. The van der Waals surface area contributed by atoms with Crippen LogP contribution in [0.2, 0.25) is 0 Å². The summed E-state index contributed by atoms with van der Waals surface area (Å²) < 4.78 is 0. The van der Waals surface area contributed by atoms with E-state index in [9.17, 15) is 4.79 Å². The Labute approximate surface area is 118 Å². The van der Waals surface area contributed by atoms with Crippen molar-refractivity contribution in [3.8, 4) is 0 Å².